The van der Waals surface area contributed by atoms with Crippen LogP contribution < -0.4 is 0 Å². The van der Waals surface area contributed by atoms with Gasteiger partial charge in [-0.1, -0.05) is 24.5 Å². The molecule has 22 heavy (non-hydrogen) atoms. The van der Waals surface area contributed by atoms with Crippen LogP contribution in [0.5, 0.6) is 0 Å². The fourth-order valence-electron chi connectivity index (χ4n) is 3.36. The summed E-state index contributed by atoms with van der Waals surface area (Å²) in [4.78, 5) is 14.3. The average molecular weight is 300 g/mol. The van der Waals surface area contributed by atoms with Crippen LogP contribution >= 0.6 is 0 Å². The lowest BCUT2D eigenvalue weighted by molar-refractivity contribution is 0.0491. The van der Waals surface area contributed by atoms with Crippen molar-refractivity contribution in [1.29, 1.82) is 0 Å². The van der Waals surface area contributed by atoms with Crippen molar-refractivity contribution in [3.05, 3.63) is 30.4 Å². The third-order valence-corrected chi connectivity index (χ3v) is 4.74. The van der Waals surface area contributed by atoms with Crippen molar-refractivity contribution in [2.75, 3.05) is 13.1 Å². The van der Waals surface area contributed by atoms with Gasteiger partial charge >= 0.3 is 0 Å². The second kappa shape index (κ2) is 5.55. The molecular formula is C15H20N6O. The highest BCUT2D eigenvalue weighted by molar-refractivity contribution is 5.92. The van der Waals surface area contributed by atoms with Crippen LogP contribution in [0, 0.1) is 0 Å². The second-order valence-corrected chi connectivity index (χ2v) is 6.22. The molecule has 1 aliphatic carbocycles. The zero-order valence-electron chi connectivity index (χ0n) is 12.5. The first-order chi connectivity index (χ1) is 10.8. The lowest BCUT2D eigenvalue weighted by Crippen LogP contribution is -2.51. The minimum absolute atomic E-state index is 0.0194. The van der Waals surface area contributed by atoms with E-state index in [2.05, 4.69) is 15.4 Å². The maximum atomic E-state index is 12.4. The van der Waals surface area contributed by atoms with Crippen molar-refractivity contribution in [3.8, 4) is 0 Å². The number of carbonyl (C=O) groups excluding carboxylic acids is 1. The molecule has 7 heteroatoms. The van der Waals surface area contributed by atoms with Gasteiger partial charge in [0.25, 0.3) is 5.91 Å². The summed E-state index contributed by atoms with van der Waals surface area (Å²) >= 11 is 0. The molecule has 0 unspecified atom stereocenters. The highest BCUT2D eigenvalue weighted by Gasteiger charge is 2.34. The topological polar surface area (TPSA) is 68.8 Å². The lowest BCUT2D eigenvalue weighted by Gasteiger charge is -2.38. The predicted molar refractivity (Wildman–Crippen MR) is 79.3 cm³/mol. The number of hydrogen-bond donors (Lipinski definition) is 0. The van der Waals surface area contributed by atoms with Crippen molar-refractivity contribution < 1.29 is 4.79 Å². The summed E-state index contributed by atoms with van der Waals surface area (Å²) in [5.41, 5.74) is 0.558. The minimum atomic E-state index is 0.0194. The molecule has 0 atom stereocenters. The van der Waals surface area contributed by atoms with Gasteiger partial charge in [0, 0.05) is 25.5 Å². The van der Waals surface area contributed by atoms with E-state index in [4.69, 9.17) is 0 Å². The Morgan fingerprint density at radius 1 is 1.05 bits per heavy atom. The first kappa shape index (κ1) is 13.5. The number of carbonyl (C=O) groups is 1. The molecule has 0 N–H and O–H groups in total. The molecule has 1 saturated carbocycles. The molecule has 1 amide bonds. The van der Waals surface area contributed by atoms with Gasteiger partial charge in [-0.15, -0.1) is 5.10 Å². The normalized spacial score (nSPS) is 20.1. The molecule has 116 valence electrons. The maximum Gasteiger partial charge on any atom is 0.274 e. The Kier molecular flexibility index (Phi) is 3.40. The first-order valence-electron chi connectivity index (χ1n) is 8.01. The predicted octanol–water partition coefficient (Wildman–Crippen LogP) is 1.68. The monoisotopic (exact) mass is 300 g/mol. The highest BCUT2D eigenvalue weighted by Crippen LogP contribution is 2.28. The summed E-state index contributed by atoms with van der Waals surface area (Å²) in [6.07, 6.45) is 11.7. The van der Waals surface area contributed by atoms with Gasteiger partial charge in [-0.2, -0.15) is 5.10 Å². The maximum absolute atomic E-state index is 12.4. The standard InChI is InChI=1S/C15H20N6O/c22-15(19-10-13(11-19)21-9-7-16-18-21)14-6-8-20(17-14)12-4-2-1-3-5-12/h6-9,12-13H,1-5,10-11H2. The van der Waals surface area contributed by atoms with E-state index in [1.165, 1.54) is 32.1 Å². The summed E-state index contributed by atoms with van der Waals surface area (Å²) < 4.78 is 3.80. The van der Waals surface area contributed by atoms with Gasteiger partial charge < -0.3 is 4.90 Å². The second-order valence-electron chi connectivity index (χ2n) is 6.22. The smallest absolute Gasteiger partial charge is 0.274 e. The quantitative estimate of drug-likeness (QED) is 0.865. The van der Waals surface area contributed by atoms with E-state index in [0.717, 1.165) is 0 Å². The van der Waals surface area contributed by atoms with E-state index in [-0.39, 0.29) is 11.9 Å². The Bertz CT molecular complexity index is 637. The number of likely N-dealkylation sites (tertiary alicyclic amines) is 1. The Hall–Kier alpha value is -2.18. The van der Waals surface area contributed by atoms with Gasteiger partial charge in [0.15, 0.2) is 0 Å². The molecule has 0 radical (unpaired) electrons. The molecule has 1 aliphatic heterocycles. The van der Waals surface area contributed by atoms with Gasteiger partial charge in [-0.3, -0.25) is 9.48 Å². The number of amides is 1. The third kappa shape index (κ3) is 2.40. The average Bonchev–Trinajstić information content (AvgIpc) is 3.18. The Morgan fingerprint density at radius 3 is 2.59 bits per heavy atom. The number of rotatable bonds is 3. The van der Waals surface area contributed by atoms with Crippen LogP contribution in [0.4, 0.5) is 0 Å². The SMILES string of the molecule is O=C(c1ccn(C2CCCCC2)n1)N1CC(n2ccnn2)C1. The van der Waals surface area contributed by atoms with E-state index in [9.17, 15) is 4.79 Å². The lowest BCUT2D eigenvalue weighted by atomic mass is 9.96. The summed E-state index contributed by atoms with van der Waals surface area (Å²) in [7, 11) is 0. The van der Waals surface area contributed by atoms with Crippen LogP contribution in [0.25, 0.3) is 0 Å². The van der Waals surface area contributed by atoms with Crippen LogP contribution in [-0.4, -0.2) is 48.7 Å². The minimum Gasteiger partial charge on any atom is -0.333 e. The van der Waals surface area contributed by atoms with E-state index >= 15 is 0 Å². The van der Waals surface area contributed by atoms with Gasteiger partial charge in [-0.05, 0) is 18.9 Å². The van der Waals surface area contributed by atoms with Gasteiger partial charge in [0.1, 0.15) is 5.69 Å². The Balaban J connectivity index is 1.38. The van der Waals surface area contributed by atoms with Gasteiger partial charge in [0.05, 0.1) is 18.3 Å². The Morgan fingerprint density at radius 2 is 1.86 bits per heavy atom. The molecule has 0 spiro atoms. The first-order valence-corrected chi connectivity index (χ1v) is 8.01. The van der Waals surface area contributed by atoms with E-state index < -0.39 is 0 Å². The molecule has 2 fully saturated rings. The number of nitrogens with zero attached hydrogens (tertiary/aromatic N) is 6. The molecule has 0 aromatic carbocycles. The molecule has 2 aromatic heterocycles. The van der Waals surface area contributed by atoms with Crippen LogP contribution in [0.1, 0.15) is 54.7 Å². The molecule has 0 bridgehead atoms. The molecule has 2 aromatic rings. The summed E-state index contributed by atoms with van der Waals surface area (Å²) in [5, 5.41) is 12.3. The molecule has 3 heterocycles. The van der Waals surface area contributed by atoms with Crippen LogP contribution in [0.3, 0.4) is 0 Å². The highest BCUT2D eigenvalue weighted by atomic mass is 16.2. The molecule has 1 saturated heterocycles. The van der Waals surface area contributed by atoms with E-state index in [1.54, 1.807) is 6.20 Å². The molecule has 2 aliphatic rings. The van der Waals surface area contributed by atoms with Crippen molar-refractivity contribution in [2.45, 2.75) is 44.2 Å². The fraction of sp³-hybridized carbons (Fsp3) is 0.600. The fourth-order valence-corrected chi connectivity index (χ4v) is 3.36. The molecular weight excluding hydrogens is 280 g/mol. The van der Waals surface area contributed by atoms with Crippen LogP contribution in [0.15, 0.2) is 24.7 Å². The van der Waals surface area contributed by atoms with Gasteiger partial charge in [-0.25, -0.2) is 4.68 Å². The van der Waals surface area contributed by atoms with Crippen molar-refractivity contribution in [2.24, 2.45) is 0 Å². The van der Waals surface area contributed by atoms with E-state index in [0.29, 0.717) is 24.8 Å². The zero-order chi connectivity index (χ0) is 14.9. The van der Waals surface area contributed by atoms with E-state index in [1.807, 2.05) is 32.7 Å². The summed E-state index contributed by atoms with van der Waals surface area (Å²) in [5.74, 6) is 0.0194. The number of hydrogen-bond acceptors (Lipinski definition) is 4. The zero-order valence-corrected chi connectivity index (χ0v) is 12.5. The van der Waals surface area contributed by atoms with Crippen molar-refractivity contribution >= 4 is 5.91 Å². The van der Waals surface area contributed by atoms with Crippen molar-refractivity contribution in [3.63, 3.8) is 0 Å². The van der Waals surface area contributed by atoms with Crippen LogP contribution in [-0.2, 0) is 0 Å². The van der Waals surface area contributed by atoms with Crippen LogP contribution in [0.2, 0.25) is 0 Å². The number of aromatic nitrogens is 5. The molecule has 7 nitrogen and oxygen atoms in total. The largest absolute Gasteiger partial charge is 0.333 e. The third-order valence-electron chi connectivity index (χ3n) is 4.74. The van der Waals surface area contributed by atoms with Crippen molar-refractivity contribution in [1.82, 2.24) is 29.7 Å². The van der Waals surface area contributed by atoms with Gasteiger partial charge in [0.2, 0.25) is 0 Å². The molecule has 4 rings (SSSR count). The summed E-state index contributed by atoms with van der Waals surface area (Å²) in [6, 6.07) is 2.56. The summed E-state index contributed by atoms with van der Waals surface area (Å²) in [6.45, 7) is 1.36. The Labute approximate surface area is 128 Å².